The van der Waals surface area contributed by atoms with E-state index in [2.05, 4.69) is 5.32 Å². The zero-order valence-corrected chi connectivity index (χ0v) is 10.7. The summed E-state index contributed by atoms with van der Waals surface area (Å²) in [5.41, 5.74) is 0.660. The second kappa shape index (κ2) is 6.93. The minimum atomic E-state index is -2.49. The fourth-order valence-corrected chi connectivity index (χ4v) is 2.28. The first-order valence-corrected chi connectivity index (χ1v) is 6.54. The van der Waals surface area contributed by atoms with Gasteiger partial charge in [0, 0.05) is 18.7 Å². The quantitative estimate of drug-likeness (QED) is 0.835. The average molecular weight is 271 g/mol. The van der Waals surface area contributed by atoms with E-state index in [1.165, 1.54) is 12.1 Å². The Balaban J connectivity index is 1.97. The molecule has 2 N–H and O–H groups in total. The summed E-state index contributed by atoms with van der Waals surface area (Å²) in [6.07, 6.45) is -0.274. The van der Waals surface area contributed by atoms with Gasteiger partial charge in [-0.05, 0) is 24.5 Å². The Morgan fingerprint density at radius 1 is 1.37 bits per heavy atom. The van der Waals surface area contributed by atoms with Crippen LogP contribution in [0, 0.1) is 0 Å². The van der Waals surface area contributed by atoms with Crippen molar-refractivity contribution in [3.8, 4) is 0 Å². The van der Waals surface area contributed by atoms with Crippen LogP contribution in [0.1, 0.15) is 36.4 Å². The molecule has 2 rings (SSSR count). The van der Waals surface area contributed by atoms with Crippen LogP contribution in [0.2, 0.25) is 0 Å². The van der Waals surface area contributed by atoms with Gasteiger partial charge in [0.05, 0.1) is 18.8 Å². The summed E-state index contributed by atoms with van der Waals surface area (Å²) in [7, 11) is 0. The number of aliphatic hydroxyl groups is 1. The number of alkyl halides is 2. The summed E-state index contributed by atoms with van der Waals surface area (Å²) in [6, 6.07) is 5.84. The van der Waals surface area contributed by atoms with Crippen LogP contribution in [0.25, 0.3) is 0 Å². The normalized spacial score (nSPS) is 20.9. The fourth-order valence-electron chi connectivity index (χ4n) is 2.28. The van der Waals surface area contributed by atoms with Gasteiger partial charge in [0.2, 0.25) is 0 Å². The molecule has 1 fully saturated rings. The maximum atomic E-state index is 12.6. The molecule has 1 aliphatic rings. The highest BCUT2D eigenvalue weighted by atomic mass is 19.3. The first-order valence-electron chi connectivity index (χ1n) is 6.54. The van der Waals surface area contributed by atoms with Gasteiger partial charge < -0.3 is 15.2 Å². The largest absolute Gasteiger partial charge is 0.394 e. The highest BCUT2D eigenvalue weighted by Crippen LogP contribution is 2.22. The van der Waals surface area contributed by atoms with Crippen molar-refractivity contribution in [2.45, 2.75) is 31.4 Å². The summed E-state index contributed by atoms with van der Waals surface area (Å²) in [6.45, 7) is 1.28. The minimum absolute atomic E-state index is 0.0186. The van der Waals surface area contributed by atoms with Crippen LogP contribution in [0.15, 0.2) is 24.3 Å². The van der Waals surface area contributed by atoms with E-state index < -0.39 is 6.43 Å². The summed E-state index contributed by atoms with van der Waals surface area (Å²) in [4.78, 5) is 0. The van der Waals surface area contributed by atoms with Gasteiger partial charge in [0.15, 0.2) is 0 Å². The van der Waals surface area contributed by atoms with E-state index in [0.717, 1.165) is 19.4 Å². The molecule has 3 nitrogen and oxygen atoms in total. The maximum Gasteiger partial charge on any atom is 0.263 e. The predicted molar refractivity (Wildman–Crippen MR) is 68.2 cm³/mol. The Morgan fingerprint density at radius 3 is 2.79 bits per heavy atom. The first-order chi connectivity index (χ1) is 9.20. The van der Waals surface area contributed by atoms with Gasteiger partial charge in [0.1, 0.15) is 0 Å². The molecular formula is C14H19F2NO2. The number of hydrogen-bond donors (Lipinski definition) is 2. The molecule has 1 aromatic carbocycles. The lowest BCUT2D eigenvalue weighted by molar-refractivity contribution is 0.104. The van der Waals surface area contributed by atoms with E-state index >= 15 is 0 Å². The molecule has 0 bridgehead atoms. The van der Waals surface area contributed by atoms with Gasteiger partial charge in [-0.15, -0.1) is 0 Å². The van der Waals surface area contributed by atoms with Crippen LogP contribution in [-0.2, 0) is 4.74 Å². The van der Waals surface area contributed by atoms with Crippen molar-refractivity contribution in [1.82, 2.24) is 5.32 Å². The van der Waals surface area contributed by atoms with Gasteiger partial charge in [-0.25, -0.2) is 8.78 Å². The van der Waals surface area contributed by atoms with Gasteiger partial charge in [0.25, 0.3) is 6.43 Å². The third kappa shape index (κ3) is 3.96. The van der Waals surface area contributed by atoms with Crippen molar-refractivity contribution < 1.29 is 18.6 Å². The van der Waals surface area contributed by atoms with Crippen LogP contribution < -0.4 is 5.32 Å². The molecule has 0 saturated carbocycles. The Kier molecular flexibility index (Phi) is 5.24. The number of ether oxygens (including phenoxy) is 1. The summed E-state index contributed by atoms with van der Waals surface area (Å²) in [5, 5.41) is 12.6. The number of rotatable bonds is 6. The van der Waals surface area contributed by atoms with E-state index in [1.54, 1.807) is 12.1 Å². The third-order valence-corrected chi connectivity index (χ3v) is 3.36. The summed E-state index contributed by atoms with van der Waals surface area (Å²) in [5.74, 6) is 0. The van der Waals surface area contributed by atoms with Crippen molar-refractivity contribution in [2.75, 3.05) is 19.8 Å². The molecule has 106 valence electrons. The van der Waals surface area contributed by atoms with E-state index in [1.807, 2.05) is 0 Å². The van der Waals surface area contributed by atoms with Crippen LogP contribution in [-0.4, -0.2) is 31.0 Å². The number of benzene rings is 1. The first kappa shape index (κ1) is 14.4. The molecule has 1 heterocycles. The second-order valence-corrected chi connectivity index (χ2v) is 4.75. The lowest BCUT2D eigenvalue weighted by atomic mass is 10.0. The van der Waals surface area contributed by atoms with Crippen molar-refractivity contribution in [3.63, 3.8) is 0 Å². The molecule has 1 saturated heterocycles. The van der Waals surface area contributed by atoms with E-state index in [0.29, 0.717) is 12.1 Å². The molecule has 0 aliphatic carbocycles. The number of nitrogens with one attached hydrogen (secondary N) is 1. The summed E-state index contributed by atoms with van der Waals surface area (Å²) < 4.78 is 30.8. The molecule has 2 unspecified atom stereocenters. The minimum Gasteiger partial charge on any atom is -0.394 e. The molecule has 0 spiro atoms. The van der Waals surface area contributed by atoms with Gasteiger partial charge in [-0.1, -0.05) is 18.2 Å². The van der Waals surface area contributed by atoms with E-state index in [9.17, 15) is 13.9 Å². The molecular weight excluding hydrogens is 252 g/mol. The van der Waals surface area contributed by atoms with Crippen LogP contribution in [0.4, 0.5) is 8.78 Å². The SMILES string of the molecule is OCC(NCC1CCCO1)c1cccc(C(F)F)c1. The Labute approximate surface area is 111 Å². The molecule has 19 heavy (non-hydrogen) atoms. The van der Waals surface area contributed by atoms with E-state index in [4.69, 9.17) is 4.74 Å². The van der Waals surface area contributed by atoms with Crippen molar-refractivity contribution in [2.24, 2.45) is 0 Å². The third-order valence-electron chi connectivity index (χ3n) is 3.36. The zero-order chi connectivity index (χ0) is 13.7. The highest BCUT2D eigenvalue weighted by Gasteiger charge is 2.18. The van der Waals surface area contributed by atoms with Crippen LogP contribution in [0.5, 0.6) is 0 Å². The van der Waals surface area contributed by atoms with Gasteiger partial charge in [-0.2, -0.15) is 0 Å². The number of aliphatic hydroxyl groups excluding tert-OH is 1. The maximum absolute atomic E-state index is 12.6. The zero-order valence-electron chi connectivity index (χ0n) is 10.7. The van der Waals surface area contributed by atoms with Gasteiger partial charge >= 0.3 is 0 Å². The average Bonchev–Trinajstić information content (AvgIpc) is 2.93. The smallest absolute Gasteiger partial charge is 0.263 e. The summed E-state index contributed by atoms with van der Waals surface area (Å²) >= 11 is 0. The Hall–Kier alpha value is -1.04. The molecule has 0 amide bonds. The standard InChI is InChI=1S/C14H19F2NO2/c15-14(16)11-4-1-3-10(7-11)13(9-18)17-8-12-5-2-6-19-12/h1,3-4,7,12-14,17-18H,2,5-6,8-9H2. The monoisotopic (exact) mass is 271 g/mol. The van der Waals surface area contributed by atoms with Crippen molar-refractivity contribution in [1.29, 1.82) is 0 Å². The highest BCUT2D eigenvalue weighted by molar-refractivity contribution is 5.27. The van der Waals surface area contributed by atoms with E-state index in [-0.39, 0.29) is 24.3 Å². The molecule has 0 radical (unpaired) electrons. The molecule has 0 aromatic heterocycles. The van der Waals surface area contributed by atoms with Crippen molar-refractivity contribution >= 4 is 0 Å². The Bertz CT molecular complexity index is 395. The molecule has 5 heteroatoms. The molecule has 2 atom stereocenters. The fraction of sp³-hybridized carbons (Fsp3) is 0.571. The molecule has 1 aromatic rings. The van der Waals surface area contributed by atoms with Gasteiger partial charge in [-0.3, -0.25) is 0 Å². The second-order valence-electron chi connectivity index (χ2n) is 4.75. The lowest BCUT2D eigenvalue weighted by Gasteiger charge is -2.19. The number of halogens is 2. The topological polar surface area (TPSA) is 41.5 Å². The molecule has 1 aliphatic heterocycles. The predicted octanol–water partition coefficient (Wildman–Crippen LogP) is 2.43. The van der Waals surface area contributed by atoms with Crippen molar-refractivity contribution in [3.05, 3.63) is 35.4 Å². The van der Waals surface area contributed by atoms with Crippen LogP contribution in [0.3, 0.4) is 0 Å². The lowest BCUT2D eigenvalue weighted by Crippen LogP contribution is -2.32. The Morgan fingerprint density at radius 2 is 2.16 bits per heavy atom. The van der Waals surface area contributed by atoms with Crippen LogP contribution >= 0.6 is 0 Å². The number of hydrogen-bond acceptors (Lipinski definition) is 3.